The van der Waals surface area contributed by atoms with Crippen LogP contribution in [0.25, 0.3) is 44.1 Å². The monoisotopic (exact) mass is 608 g/mol. The number of ether oxygens (including phenoxy) is 1. The van der Waals surface area contributed by atoms with Gasteiger partial charge >= 0.3 is 0 Å². The van der Waals surface area contributed by atoms with E-state index in [1.165, 1.54) is 0 Å². The van der Waals surface area contributed by atoms with Crippen LogP contribution in [0.1, 0.15) is 12.0 Å². The number of likely N-dealkylation sites (tertiary alicyclic amines) is 1. The number of anilines is 2. The first-order valence-electron chi connectivity index (χ1n) is 14.2. The highest BCUT2D eigenvalue weighted by atomic mass is 19.2. The highest BCUT2D eigenvalue weighted by Gasteiger charge is 2.54. The van der Waals surface area contributed by atoms with Crippen molar-refractivity contribution in [1.29, 1.82) is 0 Å². The van der Waals surface area contributed by atoms with Crippen molar-refractivity contribution in [2.75, 3.05) is 63.2 Å². The van der Waals surface area contributed by atoms with Gasteiger partial charge in [0.05, 0.1) is 45.7 Å². The van der Waals surface area contributed by atoms with Crippen molar-refractivity contribution in [2.24, 2.45) is 0 Å². The third-order valence-electron chi connectivity index (χ3n) is 8.90. The van der Waals surface area contributed by atoms with Gasteiger partial charge in [-0.15, -0.1) is 0 Å². The number of nitrogens with zero attached hydrogens (tertiary/aromatic N) is 5. The number of alkyl halides is 1. The quantitative estimate of drug-likeness (QED) is 0.206. The summed E-state index contributed by atoms with van der Waals surface area (Å²) >= 11 is 0. The Morgan fingerprint density at radius 1 is 1.20 bits per heavy atom. The molecule has 1 aromatic carbocycles. The van der Waals surface area contributed by atoms with Crippen LogP contribution in [0.5, 0.6) is 0 Å². The largest absolute Gasteiger partial charge is 0.386 e. The van der Waals surface area contributed by atoms with Gasteiger partial charge in [-0.1, -0.05) is 0 Å². The zero-order valence-electron chi connectivity index (χ0n) is 24.3. The second-order valence-electron chi connectivity index (χ2n) is 11.4. The Hall–Kier alpha value is -4.40. The van der Waals surface area contributed by atoms with E-state index in [1.807, 2.05) is 16.8 Å². The maximum absolute atomic E-state index is 16.3. The van der Waals surface area contributed by atoms with Crippen molar-refractivity contribution >= 4 is 44.3 Å². The molecular formula is C30H31F3N8O3. The highest BCUT2D eigenvalue weighted by molar-refractivity contribution is 6.18. The summed E-state index contributed by atoms with van der Waals surface area (Å²) in [5.74, 6) is -2.07. The number of aliphatic hydroxyl groups is 1. The van der Waals surface area contributed by atoms with E-state index in [1.54, 1.807) is 43.4 Å². The van der Waals surface area contributed by atoms with Gasteiger partial charge in [0.1, 0.15) is 18.1 Å². The Balaban J connectivity index is 1.54. The predicted octanol–water partition coefficient (Wildman–Crippen LogP) is 3.29. The Bertz CT molecular complexity index is 2010. The normalized spacial score (nSPS) is 20.3. The molecule has 5 aromatic rings. The number of aliphatic hydroxyl groups excluding tert-OH is 1. The molecule has 6 heterocycles. The van der Waals surface area contributed by atoms with Gasteiger partial charge in [0.15, 0.2) is 22.7 Å². The molecule has 2 aliphatic heterocycles. The summed E-state index contributed by atoms with van der Waals surface area (Å²) in [4.78, 5) is 29.7. The van der Waals surface area contributed by atoms with Gasteiger partial charge in [-0.2, -0.15) is 0 Å². The molecule has 14 heteroatoms. The topological polar surface area (TPSA) is 124 Å². The number of hydrogen-bond donors (Lipinski definition) is 4. The van der Waals surface area contributed by atoms with Crippen molar-refractivity contribution in [1.82, 2.24) is 24.5 Å². The van der Waals surface area contributed by atoms with Crippen LogP contribution < -0.4 is 21.1 Å². The molecule has 0 bridgehead atoms. The number of rotatable bonds is 7. The van der Waals surface area contributed by atoms with Crippen LogP contribution in [0.4, 0.5) is 24.5 Å². The van der Waals surface area contributed by atoms with Crippen molar-refractivity contribution < 1.29 is 23.0 Å². The number of likely N-dealkylation sites (N-methyl/N-ethyl adjacent to an activating group) is 1. The van der Waals surface area contributed by atoms with E-state index in [2.05, 4.69) is 25.7 Å². The lowest BCUT2D eigenvalue weighted by Gasteiger charge is -2.30. The summed E-state index contributed by atoms with van der Waals surface area (Å²) in [6.07, 6.45) is 4.99. The van der Waals surface area contributed by atoms with Gasteiger partial charge in [0, 0.05) is 81.5 Å². The van der Waals surface area contributed by atoms with Crippen LogP contribution in [0, 0.1) is 11.6 Å². The van der Waals surface area contributed by atoms with Gasteiger partial charge in [-0.25, -0.2) is 27.8 Å². The van der Waals surface area contributed by atoms with E-state index in [0.717, 1.165) is 6.07 Å². The van der Waals surface area contributed by atoms with Crippen molar-refractivity contribution in [3.63, 3.8) is 0 Å². The Kier molecular flexibility index (Phi) is 6.68. The first kappa shape index (κ1) is 28.4. The second-order valence-corrected chi connectivity index (χ2v) is 11.4. The number of aromatic amines is 1. The van der Waals surface area contributed by atoms with Crippen LogP contribution in [-0.2, 0) is 11.3 Å². The van der Waals surface area contributed by atoms with Crippen LogP contribution in [0.15, 0.2) is 35.5 Å². The Morgan fingerprint density at radius 3 is 2.77 bits per heavy atom. The number of halogens is 3. The van der Waals surface area contributed by atoms with Gasteiger partial charge in [0.2, 0.25) is 0 Å². The smallest absolute Gasteiger partial charge is 0.196 e. The van der Waals surface area contributed by atoms with Gasteiger partial charge in [-0.05, 0) is 13.1 Å². The predicted molar refractivity (Wildman–Crippen MR) is 162 cm³/mol. The first-order chi connectivity index (χ1) is 21.2. The minimum Gasteiger partial charge on any atom is -0.386 e. The molecule has 0 spiro atoms. The van der Waals surface area contributed by atoms with E-state index < -0.39 is 30.1 Å². The molecule has 0 saturated carbocycles. The summed E-state index contributed by atoms with van der Waals surface area (Å²) in [6, 6.07) is 2.21. The summed E-state index contributed by atoms with van der Waals surface area (Å²) < 4.78 is 53.6. The second kappa shape index (κ2) is 10.4. The summed E-state index contributed by atoms with van der Waals surface area (Å²) in [6.45, 7) is 0.380. The maximum atomic E-state index is 16.3. The van der Waals surface area contributed by atoms with Gasteiger partial charge < -0.3 is 35.4 Å². The van der Waals surface area contributed by atoms with Crippen molar-refractivity contribution in [3.05, 3.63) is 58.1 Å². The molecule has 44 heavy (non-hydrogen) atoms. The SMILES string of the molecule is CNc1cc(F)c(F)c2c1[nH]c1ncc(-c3cnc4c(c3)c(=O)c(COCO)cn4NC)c(N3CC[C@@]4(F)CN(C)C[C@@H]34)c12. The van der Waals surface area contributed by atoms with Crippen LogP contribution >= 0.6 is 0 Å². The average molecular weight is 609 g/mol. The summed E-state index contributed by atoms with van der Waals surface area (Å²) in [5.41, 5.74) is 4.26. The molecule has 0 unspecified atom stereocenters. The molecular weight excluding hydrogens is 577 g/mol. The number of pyridine rings is 3. The standard InChI is InChI=1S/C30H31F3N8O3/c1-34-20-7-19(31)24(32)22-23-26(40-5-4-30(33)13-39(3)11-21(30)40)18(9-36-28(23)38-25(20)22)15-6-17-27(43)16(12-44-14-42)10-41(35-2)29(17)37-8-15/h6-10,21,34-35,42H,4-5,11-14H2,1-3H3,(H,36,38)/t21-,30-/m1/s1. The molecule has 2 saturated heterocycles. The van der Waals surface area contributed by atoms with Gasteiger partial charge in [-0.3, -0.25) is 4.79 Å². The third-order valence-corrected chi connectivity index (χ3v) is 8.90. The number of benzene rings is 1. The van der Waals surface area contributed by atoms with Crippen LogP contribution in [0.3, 0.4) is 0 Å². The molecule has 11 nitrogen and oxygen atoms in total. The van der Waals surface area contributed by atoms with Crippen LogP contribution in [-0.4, -0.2) is 88.9 Å². The molecule has 230 valence electrons. The lowest BCUT2D eigenvalue weighted by Crippen LogP contribution is -2.40. The molecule has 2 aliphatic rings. The molecule has 7 rings (SSSR count). The van der Waals surface area contributed by atoms with Crippen molar-refractivity contribution in [3.8, 4) is 11.1 Å². The van der Waals surface area contributed by atoms with E-state index in [9.17, 15) is 9.18 Å². The molecule has 2 atom stereocenters. The minimum atomic E-state index is -1.49. The first-order valence-corrected chi connectivity index (χ1v) is 14.2. The summed E-state index contributed by atoms with van der Waals surface area (Å²) in [7, 11) is 5.15. The fourth-order valence-corrected chi connectivity index (χ4v) is 6.92. The Labute approximate surface area is 249 Å². The number of aromatic nitrogens is 4. The fraction of sp³-hybridized carbons (Fsp3) is 0.367. The molecule has 2 fully saturated rings. The fourth-order valence-electron chi connectivity index (χ4n) is 6.92. The van der Waals surface area contributed by atoms with Crippen molar-refractivity contribution in [2.45, 2.75) is 24.7 Å². The minimum absolute atomic E-state index is 0.00568. The third kappa shape index (κ3) is 4.12. The van der Waals surface area contributed by atoms with E-state index in [0.29, 0.717) is 57.8 Å². The lowest BCUT2D eigenvalue weighted by molar-refractivity contribution is -0.0116. The average Bonchev–Trinajstić information content (AvgIpc) is 3.65. The lowest BCUT2D eigenvalue weighted by atomic mass is 9.98. The highest BCUT2D eigenvalue weighted by Crippen LogP contribution is 2.48. The summed E-state index contributed by atoms with van der Waals surface area (Å²) in [5, 5.41) is 12.6. The molecule has 0 amide bonds. The molecule has 4 N–H and O–H groups in total. The van der Waals surface area contributed by atoms with E-state index in [4.69, 9.17) is 9.84 Å². The van der Waals surface area contributed by atoms with E-state index >= 15 is 8.78 Å². The van der Waals surface area contributed by atoms with E-state index in [-0.39, 0.29) is 41.3 Å². The molecule has 0 aliphatic carbocycles. The number of hydrogen-bond acceptors (Lipinski definition) is 9. The van der Waals surface area contributed by atoms with Gasteiger partial charge in [0.25, 0.3) is 0 Å². The molecule has 0 radical (unpaired) electrons. The van der Waals surface area contributed by atoms with Crippen LogP contribution in [0.2, 0.25) is 0 Å². The Morgan fingerprint density at radius 2 is 2.02 bits per heavy atom. The number of nitrogens with one attached hydrogen (secondary N) is 3. The molecule has 4 aromatic heterocycles. The zero-order valence-corrected chi connectivity index (χ0v) is 24.3. The number of H-pyrrole nitrogens is 1. The number of fused-ring (bicyclic) bond motifs is 5. The maximum Gasteiger partial charge on any atom is 0.196 e. The zero-order chi connectivity index (χ0) is 30.9.